The summed E-state index contributed by atoms with van der Waals surface area (Å²) >= 11 is 0. The monoisotopic (exact) mass is 288 g/mol. The van der Waals surface area contributed by atoms with E-state index in [2.05, 4.69) is 62.6 Å². The Bertz CT molecular complexity index is 518. The summed E-state index contributed by atoms with van der Waals surface area (Å²) in [6.07, 6.45) is 3.31. The standard InChI is InChI=1S/C18H28N2O/c1-13-7-6-8-16(11-13)18(9-10-18)19-14(2)12-17(4,5)20-15(3)21/h6-8,11,14,19H,9-10,12H2,1-5H3,(H,20,21)/t14-/m1/s1. The van der Waals surface area contributed by atoms with Crippen molar-refractivity contribution in [2.24, 2.45) is 0 Å². The normalized spacial score (nSPS) is 18.1. The van der Waals surface area contributed by atoms with Gasteiger partial charge in [0.05, 0.1) is 0 Å². The van der Waals surface area contributed by atoms with Crippen LogP contribution in [-0.4, -0.2) is 17.5 Å². The number of hydrogen-bond donors (Lipinski definition) is 2. The lowest BCUT2D eigenvalue weighted by molar-refractivity contribution is -0.120. The lowest BCUT2D eigenvalue weighted by atomic mass is 9.94. The fourth-order valence-corrected chi connectivity index (χ4v) is 3.40. The highest BCUT2D eigenvalue weighted by molar-refractivity contribution is 5.73. The van der Waals surface area contributed by atoms with E-state index in [1.165, 1.54) is 24.0 Å². The molecule has 3 nitrogen and oxygen atoms in total. The van der Waals surface area contributed by atoms with Gasteiger partial charge < -0.3 is 10.6 Å². The van der Waals surface area contributed by atoms with Crippen LogP contribution in [0.5, 0.6) is 0 Å². The number of amides is 1. The van der Waals surface area contributed by atoms with Crippen molar-refractivity contribution in [3.05, 3.63) is 35.4 Å². The molecule has 1 atom stereocenters. The second kappa shape index (κ2) is 5.80. The molecule has 1 saturated carbocycles. The molecule has 2 rings (SSSR count). The van der Waals surface area contributed by atoms with E-state index in [4.69, 9.17) is 0 Å². The van der Waals surface area contributed by atoms with E-state index >= 15 is 0 Å². The van der Waals surface area contributed by atoms with Crippen molar-refractivity contribution in [1.29, 1.82) is 0 Å². The maximum absolute atomic E-state index is 11.3. The molecule has 1 amide bonds. The van der Waals surface area contributed by atoms with E-state index in [0.717, 1.165) is 6.42 Å². The van der Waals surface area contributed by atoms with Crippen molar-refractivity contribution in [3.8, 4) is 0 Å². The van der Waals surface area contributed by atoms with Crippen LogP contribution in [-0.2, 0) is 10.3 Å². The number of rotatable bonds is 6. The Hall–Kier alpha value is -1.35. The van der Waals surface area contributed by atoms with Crippen LogP contribution in [0.1, 0.15) is 58.1 Å². The van der Waals surface area contributed by atoms with Gasteiger partial charge in [0.2, 0.25) is 5.91 Å². The molecule has 2 N–H and O–H groups in total. The van der Waals surface area contributed by atoms with Crippen LogP contribution < -0.4 is 10.6 Å². The predicted octanol–water partition coefficient (Wildman–Crippen LogP) is 3.27. The van der Waals surface area contributed by atoms with Gasteiger partial charge in [0.1, 0.15) is 0 Å². The number of nitrogens with one attached hydrogen (secondary N) is 2. The number of hydrogen-bond acceptors (Lipinski definition) is 2. The Kier molecular flexibility index (Phi) is 4.43. The molecule has 0 bridgehead atoms. The zero-order valence-electron chi connectivity index (χ0n) is 13.9. The van der Waals surface area contributed by atoms with Crippen molar-refractivity contribution in [1.82, 2.24) is 10.6 Å². The third-order valence-corrected chi connectivity index (χ3v) is 4.17. The molecule has 0 saturated heterocycles. The van der Waals surface area contributed by atoms with E-state index in [-0.39, 0.29) is 17.0 Å². The highest BCUT2D eigenvalue weighted by Crippen LogP contribution is 2.46. The molecule has 1 aromatic carbocycles. The Morgan fingerprint density at radius 1 is 1.38 bits per heavy atom. The number of aryl methyl sites for hydroxylation is 1. The third kappa shape index (κ3) is 4.31. The van der Waals surface area contributed by atoms with Gasteiger partial charge in [-0.1, -0.05) is 29.8 Å². The summed E-state index contributed by atoms with van der Waals surface area (Å²) in [5, 5.41) is 6.82. The van der Waals surface area contributed by atoms with Crippen LogP contribution in [0.25, 0.3) is 0 Å². The van der Waals surface area contributed by atoms with Gasteiger partial charge in [-0.3, -0.25) is 4.79 Å². The summed E-state index contributed by atoms with van der Waals surface area (Å²) in [5.74, 6) is 0.0343. The van der Waals surface area contributed by atoms with Gasteiger partial charge in [-0.25, -0.2) is 0 Å². The minimum absolute atomic E-state index is 0.0343. The molecule has 3 heteroatoms. The minimum atomic E-state index is -0.180. The van der Waals surface area contributed by atoms with Crippen LogP contribution in [0, 0.1) is 6.92 Å². The number of carbonyl (C=O) groups excluding carboxylic acids is 1. The lowest BCUT2D eigenvalue weighted by Crippen LogP contribution is -2.48. The average molecular weight is 288 g/mol. The summed E-state index contributed by atoms with van der Waals surface area (Å²) in [5.41, 5.74) is 2.68. The Morgan fingerprint density at radius 2 is 2.05 bits per heavy atom. The topological polar surface area (TPSA) is 41.1 Å². The maximum atomic E-state index is 11.3. The molecule has 0 aromatic heterocycles. The first-order chi connectivity index (χ1) is 9.72. The second-order valence-corrected chi connectivity index (χ2v) is 7.27. The molecule has 21 heavy (non-hydrogen) atoms. The summed E-state index contributed by atoms with van der Waals surface area (Å²) < 4.78 is 0. The van der Waals surface area contributed by atoms with Gasteiger partial charge in [-0.05, 0) is 52.5 Å². The molecule has 116 valence electrons. The van der Waals surface area contributed by atoms with Crippen molar-refractivity contribution >= 4 is 5.91 Å². The molecule has 0 radical (unpaired) electrons. The first-order valence-electron chi connectivity index (χ1n) is 7.86. The second-order valence-electron chi connectivity index (χ2n) is 7.27. The minimum Gasteiger partial charge on any atom is -0.351 e. The van der Waals surface area contributed by atoms with E-state index in [0.29, 0.717) is 6.04 Å². The summed E-state index contributed by atoms with van der Waals surface area (Å²) in [7, 11) is 0. The van der Waals surface area contributed by atoms with Crippen LogP contribution in [0.2, 0.25) is 0 Å². The molecule has 0 spiro atoms. The Balaban J connectivity index is 1.99. The molecule has 1 aliphatic rings. The first kappa shape index (κ1) is 16.0. The third-order valence-electron chi connectivity index (χ3n) is 4.17. The number of carbonyl (C=O) groups is 1. The van der Waals surface area contributed by atoms with Crippen LogP contribution in [0.15, 0.2) is 24.3 Å². The molecule has 1 aliphatic carbocycles. The number of benzene rings is 1. The van der Waals surface area contributed by atoms with Crippen molar-refractivity contribution in [2.75, 3.05) is 0 Å². The van der Waals surface area contributed by atoms with Crippen LogP contribution in [0.3, 0.4) is 0 Å². The summed E-state index contributed by atoms with van der Waals surface area (Å²) in [4.78, 5) is 11.3. The smallest absolute Gasteiger partial charge is 0.217 e. The predicted molar refractivity (Wildman–Crippen MR) is 87.2 cm³/mol. The fourth-order valence-electron chi connectivity index (χ4n) is 3.40. The van der Waals surface area contributed by atoms with E-state index in [9.17, 15) is 4.79 Å². The van der Waals surface area contributed by atoms with Crippen molar-refractivity contribution in [3.63, 3.8) is 0 Å². The zero-order chi connectivity index (χ0) is 15.7. The molecule has 0 aliphatic heterocycles. The molecular formula is C18H28N2O. The molecule has 0 heterocycles. The molecule has 1 fully saturated rings. The van der Waals surface area contributed by atoms with Crippen LogP contribution in [0.4, 0.5) is 0 Å². The van der Waals surface area contributed by atoms with Gasteiger partial charge >= 0.3 is 0 Å². The highest BCUT2D eigenvalue weighted by Gasteiger charge is 2.45. The van der Waals surface area contributed by atoms with E-state index in [1.807, 2.05) is 0 Å². The lowest BCUT2D eigenvalue weighted by Gasteiger charge is -2.32. The van der Waals surface area contributed by atoms with Gasteiger partial charge in [0.25, 0.3) is 0 Å². The Morgan fingerprint density at radius 3 is 2.57 bits per heavy atom. The quantitative estimate of drug-likeness (QED) is 0.843. The molecule has 0 unspecified atom stereocenters. The van der Waals surface area contributed by atoms with Gasteiger partial charge in [-0.2, -0.15) is 0 Å². The Labute approximate surface area is 128 Å². The largest absolute Gasteiger partial charge is 0.351 e. The van der Waals surface area contributed by atoms with Crippen molar-refractivity contribution < 1.29 is 4.79 Å². The van der Waals surface area contributed by atoms with Gasteiger partial charge in [0, 0.05) is 24.0 Å². The maximum Gasteiger partial charge on any atom is 0.217 e. The van der Waals surface area contributed by atoms with E-state index in [1.54, 1.807) is 6.92 Å². The van der Waals surface area contributed by atoms with E-state index < -0.39 is 0 Å². The summed E-state index contributed by atoms with van der Waals surface area (Å²) in [6, 6.07) is 9.14. The van der Waals surface area contributed by atoms with Gasteiger partial charge in [-0.15, -0.1) is 0 Å². The SMILES string of the molecule is CC(=O)NC(C)(C)C[C@@H](C)NC1(c2cccc(C)c2)CC1. The first-order valence-corrected chi connectivity index (χ1v) is 7.86. The molecular weight excluding hydrogens is 260 g/mol. The van der Waals surface area contributed by atoms with Crippen molar-refractivity contribution in [2.45, 2.75) is 71.0 Å². The zero-order valence-corrected chi connectivity index (χ0v) is 13.9. The average Bonchev–Trinajstić information content (AvgIpc) is 3.06. The summed E-state index contributed by atoms with van der Waals surface area (Å²) in [6.45, 7) is 10.1. The fraction of sp³-hybridized carbons (Fsp3) is 0.611. The van der Waals surface area contributed by atoms with Crippen LogP contribution >= 0.6 is 0 Å². The molecule has 1 aromatic rings. The highest BCUT2D eigenvalue weighted by atomic mass is 16.1. The van der Waals surface area contributed by atoms with Gasteiger partial charge in [0.15, 0.2) is 0 Å².